The number of carbonyl (C=O) groups is 1. The molecule has 0 fully saturated rings. The van der Waals surface area contributed by atoms with Crippen LogP contribution in [0.15, 0.2) is 12.7 Å². The molecule has 0 atom stereocenters. The number of carbonyl (C=O) groups excluding carboxylic acids is 1. The second kappa shape index (κ2) is 4.80. The van der Waals surface area contributed by atoms with E-state index in [9.17, 15) is 4.79 Å². The van der Waals surface area contributed by atoms with Crippen LogP contribution in [0.5, 0.6) is 0 Å². The molecule has 11 heavy (non-hydrogen) atoms. The van der Waals surface area contributed by atoms with Gasteiger partial charge in [0.1, 0.15) is 0 Å². The first kappa shape index (κ1) is 11.0. The van der Waals surface area contributed by atoms with Crippen LogP contribution in [0.4, 0.5) is 0 Å². The largest absolute Gasteiger partial charge is 0.354 e. The van der Waals surface area contributed by atoms with Gasteiger partial charge in [-0.05, 0) is 12.1 Å². The Kier molecular flexibility index (Phi) is 4.80. The first-order chi connectivity index (χ1) is 5.02. The summed E-state index contributed by atoms with van der Waals surface area (Å²) < 4.78 is 0. The van der Waals surface area contributed by atoms with Crippen molar-refractivity contribution in [1.82, 2.24) is 4.98 Å². The van der Waals surface area contributed by atoms with Gasteiger partial charge in [-0.1, -0.05) is 19.9 Å². The van der Waals surface area contributed by atoms with Crippen LogP contribution in [0.3, 0.4) is 0 Å². The Morgan fingerprint density at radius 3 is 2.64 bits per heavy atom. The van der Waals surface area contributed by atoms with Crippen LogP contribution >= 0.6 is 22.2 Å². The van der Waals surface area contributed by atoms with Crippen molar-refractivity contribution in [3.63, 3.8) is 0 Å². The highest BCUT2D eigenvalue weighted by atomic mass is 35.7. The summed E-state index contributed by atoms with van der Waals surface area (Å²) in [5.41, 5.74) is 0. The molecule has 0 aliphatic heterocycles. The Morgan fingerprint density at radius 2 is 2.27 bits per heavy atom. The van der Waals surface area contributed by atoms with Crippen molar-refractivity contribution in [2.24, 2.45) is 0 Å². The van der Waals surface area contributed by atoms with E-state index in [1.54, 1.807) is 0 Å². The zero-order valence-corrected chi connectivity index (χ0v) is 8.87. The molecule has 0 radical (unpaired) electrons. The lowest BCUT2D eigenvalue weighted by molar-refractivity contribution is -0.115. The molecule has 0 heterocycles. The predicted molar refractivity (Wildman–Crippen MR) is 50.9 cm³/mol. The van der Waals surface area contributed by atoms with E-state index in [2.05, 4.69) is 11.6 Å². The van der Waals surface area contributed by atoms with Gasteiger partial charge in [-0.2, -0.15) is 0 Å². The highest BCUT2D eigenvalue weighted by Crippen LogP contribution is 2.18. The van der Waals surface area contributed by atoms with Crippen LogP contribution in [-0.2, 0) is 4.79 Å². The van der Waals surface area contributed by atoms with Crippen molar-refractivity contribution in [2.75, 3.05) is 0 Å². The molecular weight excluding hydrogens is 201 g/mol. The zero-order valence-electron chi connectivity index (χ0n) is 6.36. The molecule has 0 aliphatic carbocycles. The lowest BCUT2D eigenvalue weighted by Crippen LogP contribution is -2.43. The molecule has 1 amide bonds. The fourth-order valence-corrected chi connectivity index (χ4v) is 3.52. The SMILES string of the molecule is C=CC(=O)N[Si](Cl)(Cl)CCC. The number of nitrogens with one attached hydrogen (secondary N) is 1. The Morgan fingerprint density at radius 1 is 1.73 bits per heavy atom. The lowest BCUT2D eigenvalue weighted by atomic mass is 10.6. The average Bonchev–Trinajstić information content (AvgIpc) is 1.86. The molecule has 0 saturated carbocycles. The number of amides is 1. The van der Waals surface area contributed by atoms with Gasteiger partial charge in [0.05, 0.1) is 0 Å². The van der Waals surface area contributed by atoms with E-state index in [-0.39, 0.29) is 5.91 Å². The Balaban J connectivity index is 3.89. The summed E-state index contributed by atoms with van der Waals surface area (Å²) in [5, 5.41) is 0. The first-order valence-corrected chi connectivity index (χ1v) is 7.57. The fourth-order valence-electron chi connectivity index (χ4n) is 0.608. The second-order valence-electron chi connectivity index (χ2n) is 2.15. The van der Waals surface area contributed by atoms with Gasteiger partial charge in [0, 0.05) is 0 Å². The molecular formula is C6H11Cl2NOSi. The van der Waals surface area contributed by atoms with E-state index in [4.69, 9.17) is 22.2 Å². The van der Waals surface area contributed by atoms with Crippen LogP contribution in [0.25, 0.3) is 0 Å². The number of hydrogen-bond donors (Lipinski definition) is 1. The van der Waals surface area contributed by atoms with Crippen molar-refractivity contribution in [1.29, 1.82) is 0 Å². The van der Waals surface area contributed by atoms with Gasteiger partial charge < -0.3 is 4.98 Å². The van der Waals surface area contributed by atoms with E-state index in [0.29, 0.717) is 6.04 Å². The third-order valence-electron chi connectivity index (χ3n) is 1.06. The molecule has 5 heteroatoms. The minimum Gasteiger partial charge on any atom is -0.354 e. The quantitative estimate of drug-likeness (QED) is 0.431. The smallest absolute Gasteiger partial charge is 0.352 e. The molecule has 0 spiro atoms. The summed E-state index contributed by atoms with van der Waals surface area (Å²) in [6, 6.07) is 0.662. The zero-order chi connectivity index (χ0) is 8.91. The van der Waals surface area contributed by atoms with Gasteiger partial charge in [0.15, 0.2) is 0 Å². The van der Waals surface area contributed by atoms with Crippen molar-refractivity contribution in [2.45, 2.75) is 19.4 Å². The fraction of sp³-hybridized carbons (Fsp3) is 0.500. The molecule has 1 N–H and O–H groups in total. The maximum absolute atomic E-state index is 10.7. The summed E-state index contributed by atoms with van der Waals surface area (Å²) in [7, 11) is 0. The van der Waals surface area contributed by atoms with Crippen molar-refractivity contribution in [3.8, 4) is 0 Å². The molecule has 0 aromatic carbocycles. The predicted octanol–water partition coefficient (Wildman–Crippen LogP) is 2.12. The Labute approximate surface area is 77.1 Å². The summed E-state index contributed by atoms with van der Waals surface area (Å²) in [6.45, 7) is 2.75. The van der Waals surface area contributed by atoms with Crippen molar-refractivity contribution in [3.05, 3.63) is 12.7 Å². The Hall–Kier alpha value is 0.00688. The Bertz CT molecular complexity index is 161. The van der Waals surface area contributed by atoms with Crippen molar-refractivity contribution < 1.29 is 4.79 Å². The standard InChI is InChI=1S/C6H11Cl2NOSi/c1-3-5-11(7,8)9-6(10)4-2/h4H,2-3,5H2,1H3,(H,9,10). The second-order valence-corrected chi connectivity index (χ2v) is 8.76. The normalized spacial score (nSPS) is 10.8. The maximum Gasteiger partial charge on any atom is 0.352 e. The molecule has 64 valence electrons. The van der Waals surface area contributed by atoms with E-state index in [1.165, 1.54) is 6.08 Å². The van der Waals surface area contributed by atoms with Gasteiger partial charge in [0.25, 0.3) is 0 Å². The van der Waals surface area contributed by atoms with Gasteiger partial charge in [0.2, 0.25) is 5.91 Å². The highest BCUT2D eigenvalue weighted by Gasteiger charge is 2.28. The first-order valence-electron chi connectivity index (χ1n) is 3.34. The van der Waals surface area contributed by atoms with Crippen LogP contribution in [0, 0.1) is 0 Å². The molecule has 2 nitrogen and oxygen atoms in total. The molecule has 0 rings (SSSR count). The number of halogens is 2. The molecule has 0 aliphatic rings. The average molecular weight is 212 g/mol. The van der Waals surface area contributed by atoms with E-state index < -0.39 is 6.86 Å². The number of rotatable bonds is 4. The van der Waals surface area contributed by atoms with Crippen molar-refractivity contribution >= 4 is 34.9 Å². The van der Waals surface area contributed by atoms with Crippen LogP contribution in [0.2, 0.25) is 6.04 Å². The summed E-state index contributed by atoms with van der Waals surface area (Å²) in [4.78, 5) is 13.3. The molecule has 0 aromatic rings. The van der Waals surface area contributed by atoms with Crippen LogP contribution < -0.4 is 4.98 Å². The van der Waals surface area contributed by atoms with Gasteiger partial charge in [-0.3, -0.25) is 4.79 Å². The lowest BCUT2D eigenvalue weighted by Gasteiger charge is -2.15. The highest BCUT2D eigenvalue weighted by molar-refractivity contribution is 7.44. The van der Waals surface area contributed by atoms with Crippen LogP contribution in [-0.4, -0.2) is 12.8 Å². The van der Waals surface area contributed by atoms with E-state index in [1.807, 2.05) is 6.92 Å². The van der Waals surface area contributed by atoms with Crippen LogP contribution in [0.1, 0.15) is 13.3 Å². The van der Waals surface area contributed by atoms with E-state index in [0.717, 1.165) is 6.42 Å². The summed E-state index contributed by atoms with van der Waals surface area (Å²) in [6.07, 6.45) is 2.04. The topological polar surface area (TPSA) is 29.1 Å². The minimum absolute atomic E-state index is 0.296. The van der Waals surface area contributed by atoms with Gasteiger partial charge in [-0.15, -0.1) is 22.2 Å². The molecule has 0 bridgehead atoms. The molecule has 0 saturated heterocycles. The molecule has 0 unspecified atom stereocenters. The van der Waals surface area contributed by atoms with E-state index >= 15 is 0 Å². The third-order valence-corrected chi connectivity index (χ3v) is 4.50. The number of hydrogen-bond acceptors (Lipinski definition) is 1. The summed E-state index contributed by atoms with van der Waals surface area (Å²) >= 11 is 11.7. The third kappa shape index (κ3) is 5.30. The minimum atomic E-state index is -2.51. The molecule has 0 aromatic heterocycles. The monoisotopic (exact) mass is 211 g/mol. The van der Waals surface area contributed by atoms with Gasteiger partial charge >= 0.3 is 6.86 Å². The maximum atomic E-state index is 10.7. The van der Waals surface area contributed by atoms with Gasteiger partial charge in [-0.25, -0.2) is 0 Å². The summed E-state index contributed by atoms with van der Waals surface area (Å²) in [5.74, 6) is -0.296.